The minimum absolute atomic E-state index is 0.0678. The number of nitrogens with one attached hydrogen (secondary N) is 1. The maximum Gasteiger partial charge on any atom is 0.256 e. The Kier molecular flexibility index (Phi) is 6.45. The third-order valence-corrected chi connectivity index (χ3v) is 5.61. The van der Waals surface area contributed by atoms with E-state index in [-0.39, 0.29) is 11.8 Å². The summed E-state index contributed by atoms with van der Waals surface area (Å²) in [6, 6.07) is 14.7. The minimum Gasteiger partial charge on any atom is -0.457 e. The molecule has 33 heavy (non-hydrogen) atoms. The fourth-order valence-corrected chi connectivity index (χ4v) is 3.91. The number of fused-ring (bicyclic) bond motifs is 1. The Morgan fingerprint density at radius 2 is 1.82 bits per heavy atom. The molecule has 0 radical (unpaired) electrons. The summed E-state index contributed by atoms with van der Waals surface area (Å²) in [7, 11) is 0. The van der Waals surface area contributed by atoms with Gasteiger partial charge in [-0.15, -0.1) is 0 Å². The van der Waals surface area contributed by atoms with Crippen LogP contribution in [0.4, 0.5) is 5.82 Å². The van der Waals surface area contributed by atoms with Crippen LogP contribution in [0.1, 0.15) is 51.3 Å². The first-order chi connectivity index (χ1) is 15.8. The van der Waals surface area contributed by atoms with Crippen LogP contribution in [0.5, 0.6) is 11.5 Å². The zero-order valence-electron chi connectivity index (χ0n) is 19.5. The van der Waals surface area contributed by atoms with Crippen LogP contribution in [-0.2, 0) is 6.42 Å². The number of pyridine rings is 1. The molecule has 2 aromatic carbocycles. The second kappa shape index (κ2) is 9.45. The van der Waals surface area contributed by atoms with Gasteiger partial charge in [0.05, 0.1) is 0 Å². The number of carbonyl (C=O) groups is 2. The maximum absolute atomic E-state index is 13.3. The molecule has 1 aliphatic rings. The van der Waals surface area contributed by atoms with E-state index in [1.165, 1.54) is 0 Å². The molecule has 170 valence electrons. The molecule has 0 saturated carbocycles. The minimum atomic E-state index is -0.336. The number of aromatic nitrogens is 1. The van der Waals surface area contributed by atoms with Crippen LogP contribution in [0.15, 0.2) is 54.7 Å². The first-order valence-electron chi connectivity index (χ1n) is 11.2. The third-order valence-electron chi connectivity index (χ3n) is 5.61. The van der Waals surface area contributed by atoms with Crippen molar-refractivity contribution in [1.29, 1.82) is 0 Å². The van der Waals surface area contributed by atoms with E-state index in [2.05, 4.69) is 24.1 Å². The van der Waals surface area contributed by atoms with Crippen LogP contribution in [-0.4, -0.2) is 34.8 Å². The van der Waals surface area contributed by atoms with Gasteiger partial charge in [0.1, 0.15) is 17.3 Å². The molecule has 2 amide bonds. The molecule has 0 atom stereocenters. The molecule has 3 aromatic rings. The Bertz CT molecular complexity index is 1170. The van der Waals surface area contributed by atoms with Crippen molar-refractivity contribution < 1.29 is 14.3 Å². The number of rotatable bonds is 6. The molecule has 0 fully saturated rings. The van der Waals surface area contributed by atoms with Crippen LogP contribution in [0, 0.1) is 19.8 Å². The lowest BCUT2D eigenvalue weighted by atomic mass is 9.94. The predicted octanol–water partition coefficient (Wildman–Crippen LogP) is 5.40. The summed E-state index contributed by atoms with van der Waals surface area (Å²) < 4.78 is 6.19. The fourth-order valence-electron chi connectivity index (χ4n) is 3.91. The molecule has 4 rings (SSSR count). The van der Waals surface area contributed by atoms with E-state index in [0.29, 0.717) is 53.9 Å². The number of hydrogen-bond donors (Lipinski definition) is 1. The van der Waals surface area contributed by atoms with Crippen molar-refractivity contribution in [3.05, 3.63) is 82.5 Å². The summed E-state index contributed by atoms with van der Waals surface area (Å²) >= 11 is 0. The number of carbonyl (C=O) groups excluding carboxylic acids is 2. The highest BCUT2D eigenvalue weighted by Crippen LogP contribution is 2.34. The van der Waals surface area contributed by atoms with Gasteiger partial charge >= 0.3 is 0 Å². The lowest BCUT2D eigenvalue weighted by molar-refractivity contribution is 0.0718. The first-order valence-corrected chi connectivity index (χ1v) is 11.2. The SMILES string of the molecule is Cc1ccc(Oc2cc(C(=O)Nc3ccc(C)cn3)cc3c2CCN(CC(C)C)C3=O)cc1. The number of nitrogens with zero attached hydrogens (tertiary/aromatic N) is 2. The van der Waals surface area contributed by atoms with Crippen molar-refractivity contribution in [3.8, 4) is 11.5 Å². The summed E-state index contributed by atoms with van der Waals surface area (Å²) in [5, 5.41) is 2.82. The molecule has 1 N–H and O–H groups in total. The van der Waals surface area contributed by atoms with E-state index < -0.39 is 0 Å². The van der Waals surface area contributed by atoms with Gasteiger partial charge in [-0.25, -0.2) is 4.98 Å². The quantitative estimate of drug-likeness (QED) is 0.554. The molecule has 0 spiro atoms. The van der Waals surface area contributed by atoms with Crippen LogP contribution < -0.4 is 10.1 Å². The number of aryl methyl sites for hydroxylation is 2. The van der Waals surface area contributed by atoms with Gasteiger partial charge in [0.2, 0.25) is 0 Å². The van der Waals surface area contributed by atoms with Crippen LogP contribution in [0.25, 0.3) is 0 Å². The third kappa shape index (κ3) is 5.22. The zero-order valence-corrected chi connectivity index (χ0v) is 19.5. The van der Waals surface area contributed by atoms with E-state index in [4.69, 9.17) is 4.74 Å². The van der Waals surface area contributed by atoms with E-state index in [0.717, 1.165) is 16.7 Å². The molecule has 0 saturated heterocycles. The number of amides is 2. The molecule has 1 aliphatic heterocycles. The molecule has 6 heteroatoms. The topological polar surface area (TPSA) is 71.5 Å². The van der Waals surface area contributed by atoms with Gasteiger partial charge in [0.15, 0.2) is 0 Å². The molecular formula is C27H29N3O3. The molecule has 0 unspecified atom stereocenters. The lowest BCUT2D eigenvalue weighted by Gasteiger charge is -2.31. The summed E-state index contributed by atoms with van der Waals surface area (Å²) in [6.07, 6.45) is 2.37. The van der Waals surface area contributed by atoms with Crippen molar-refractivity contribution in [2.75, 3.05) is 18.4 Å². The Hall–Kier alpha value is -3.67. The van der Waals surface area contributed by atoms with Gasteiger partial charge < -0.3 is 15.0 Å². The highest BCUT2D eigenvalue weighted by atomic mass is 16.5. The number of benzene rings is 2. The Morgan fingerprint density at radius 1 is 1.09 bits per heavy atom. The zero-order chi connectivity index (χ0) is 23.5. The molecule has 0 bridgehead atoms. The predicted molar refractivity (Wildman–Crippen MR) is 129 cm³/mol. The number of ether oxygens (including phenoxy) is 1. The summed E-state index contributed by atoms with van der Waals surface area (Å²) in [5.74, 6) is 1.61. The average Bonchev–Trinajstić information content (AvgIpc) is 2.78. The molecular weight excluding hydrogens is 414 g/mol. The van der Waals surface area contributed by atoms with Crippen molar-refractivity contribution in [2.45, 2.75) is 34.1 Å². The largest absolute Gasteiger partial charge is 0.457 e. The second-order valence-corrected chi connectivity index (χ2v) is 8.99. The Morgan fingerprint density at radius 3 is 2.48 bits per heavy atom. The smallest absolute Gasteiger partial charge is 0.256 e. The second-order valence-electron chi connectivity index (χ2n) is 8.99. The summed E-state index contributed by atoms with van der Waals surface area (Å²) in [5.41, 5.74) is 3.85. The summed E-state index contributed by atoms with van der Waals surface area (Å²) in [4.78, 5) is 32.5. The molecule has 6 nitrogen and oxygen atoms in total. The van der Waals surface area contributed by atoms with Gasteiger partial charge in [-0.1, -0.05) is 37.6 Å². The van der Waals surface area contributed by atoms with Crippen LogP contribution in [0.3, 0.4) is 0 Å². The number of hydrogen-bond acceptors (Lipinski definition) is 4. The van der Waals surface area contributed by atoms with E-state index in [1.54, 1.807) is 24.4 Å². The lowest BCUT2D eigenvalue weighted by Crippen LogP contribution is -2.40. The van der Waals surface area contributed by atoms with Gasteiger partial charge in [-0.3, -0.25) is 9.59 Å². The molecule has 1 aromatic heterocycles. The first kappa shape index (κ1) is 22.5. The molecule has 2 heterocycles. The maximum atomic E-state index is 13.3. The van der Waals surface area contributed by atoms with E-state index in [1.807, 2.05) is 49.1 Å². The fraction of sp³-hybridized carbons (Fsp3) is 0.296. The van der Waals surface area contributed by atoms with Crippen molar-refractivity contribution >= 4 is 17.6 Å². The van der Waals surface area contributed by atoms with Gasteiger partial charge in [0.25, 0.3) is 11.8 Å². The van der Waals surface area contributed by atoms with Gasteiger partial charge in [0, 0.05) is 36.0 Å². The van der Waals surface area contributed by atoms with E-state index >= 15 is 0 Å². The van der Waals surface area contributed by atoms with Crippen molar-refractivity contribution in [2.24, 2.45) is 5.92 Å². The highest BCUT2D eigenvalue weighted by molar-refractivity contribution is 6.07. The van der Waals surface area contributed by atoms with Crippen molar-refractivity contribution in [3.63, 3.8) is 0 Å². The van der Waals surface area contributed by atoms with Crippen molar-refractivity contribution in [1.82, 2.24) is 9.88 Å². The van der Waals surface area contributed by atoms with Crippen LogP contribution in [0.2, 0.25) is 0 Å². The Labute approximate surface area is 194 Å². The normalized spacial score (nSPS) is 13.1. The average molecular weight is 444 g/mol. The summed E-state index contributed by atoms with van der Waals surface area (Å²) in [6.45, 7) is 9.44. The van der Waals surface area contributed by atoms with Crippen LogP contribution >= 0.6 is 0 Å². The van der Waals surface area contributed by atoms with Gasteiger partial charge in [-0.05, 0) is 62.1 Å². The monoisotopic (exact) mass is 443 g/mol. The van der Waals surface area contributed by atoms with E-state index in [9.17, 15) is 9.59 Å². The standard InChI is InChI=1S/C27H29N3O3/c1-17(2)16-30-12-11-22-23(27(30)32)13-20(26(31)29-25-10-7-19(4)15-28-25)14-24(22)33-21-8-5-18(3)6-9-21/h5-10,13-15,17H,11-12,16H2,1-4H3,(H,28,29,31). The number of anilines is 1. The van der Waals surface area contributed by atoms with Gasteiger partial charge in [-0.2, -0.15) is 0 Å². The Balaban J connectivity index is 1.71. The highest BCUT2D eigenvalue weighted by Gasteiger charge is 2.29. The molecule has 0 aliphatic carbocycles.